The first-order chi connectivity index (χ1) is 9.93. The minimum Gasteiger partial charge on any atom is -0.419 e. The van der Waals surface area contributed by atoms with E-state index in [1.165, 1.54) is 6.07 Å². The fraction of sp³-hybridized carbons (Fsp3) is 0.385. The monoisotopic (exact) mass is 301 g/mol. The van der Waals surface area contributed by atoms with E-state index in [1.807, 2.05) is 0 Å². The highest BCUT2D eigenvalue weighted by molar-refractivity contribution is 5.54. The summed E-state index contributed by atoms with van der Waals surface area (Å²) in [6.45, 7) is 0.366. The molecule has 4 nitrogen and oxygen atoms in total. The Kier molecular flexibility index (Phi) is 3.40. The van der Waals surface area contributed by atoms with Gasteiger partial charge in [-0.2, -0.15) is 13.2 Å². The molecule has 0 unspecified atom stereocenters. The third kappa shape index (κ3) is 3.21. The number of nitrogens with one attached hydrogen (secondary N) is 1. The van der Waals surface area contributed by atoms with Gasteiger partial charge in [-0.25, -0.2) is 4.39 Å². The summed E-state index contributed by atoms with van der Waals surface area (Å²) in [5.41, 5.74) is -1.32. The van der Waals surface area contributed by atoms with Gasteiger partial charge < -0.3 is 9.73 Å². The van der Waals surface area contributed by atoms with E-state index in [9.17, 15) is 17.6 Å². The van der Waals surface area contributed by atoms with Gasteiger partial charge in [-0.3, -0.25) is 0 Å². The summed E-state index contributed by atoms with van der Waals surface area (Å²) in [4.78, 5) is 0. The topological polar surface area (TPSA) is 51.0 Å². The van der Waals surface area contributed by atoms with Gasteiger partial charge in [-0.05, 0) is 31.0 Å². The van der Waals surface area contributed by atoms with Crippen molar-refractivity contribution in [3.8, 4) is 11.5 Å². The van der Waals surface area contributed by atoms with Crippen molar-refractivity contribution in [2.24, 2.45) is 0 Å². The fourth-order valence-corrected chi connectivity index (χ4v) is 1.84. The van der Waals surface area contributed by atoms with Gasteiger partial charge in [0.1, 0.15) is 5.82 Å². The van der Waals surface area contributed by atoms with E-state index in [4.69, 9.17) is 4.42 Å². The number of rotatable bonds is 4. The molecule has 1 heterocycles. The van der Waals surface area contributed by atoms with E-state index < -0.39 is 17.6 Å². The predicted molar refractivity (Wildman–Crippen MR) is 64.6 cm³/mol. The van der Waals surface area contributed by atoms with Gasteiger partial charge in [0.2, 0.25) is 11.8 Å². The van der Waals surface area contributed by atoms with Gasteiger partial charge in [0.15, 0.2) is 0 Å². The lowest BCUT2D eigenvalue weighted by molar-refractivity contribution is -0.139. The Hall–Kier alpha value is -1.96. The Morgan fingerprint density at radius 3 is 2.67 bits per heavy atom. The summed E-state index contributed by atoms with van der Waals surface area (Å²) in [6, 6.07) is 3.03. The van der Waals surface area contributed by atoms with Gasteiger partial charge in [-0.1, -0.05) is 0 Å². The van der Waals surface area contributed by atoms with Crippen molar-refractivity contribution in [3.63, 3.8) is 0 Å². The van der Waals surface area contributed by atoms with Gasteiger partial charge in [0.05, 0.1) is 12.1 Å². The lowest BCUT2D eigenvalue weighted by atomic mass is 10.1. The van der Waals surface area contributed by atoms with Crippen LogP contribution in [0.3, 0.4) is 0 Å². The van der Waals surface area contributed by atoms with E-state index >= 15 is 0 Å². The van der Waals surface area contributed by atoms with Gasteiger partial charge in [-0.15, -0.1) is 10.2 Å². The number of alkyl halides is 3. The molecule has 2 aromatic rings. The Bertz CT molecular complexity index is 649. The molecule has 21 heavy (non-hydrogen) atoms. The third-order valence-electron chi connectivity index (χ3n) is 3.10. The normalized spacial score (nSPS) is 15.4. The first kappa shape index (κ1) is 14.0. The molecule has 3 rings (SSSR count). The maximum Gasteiger partial charge on any atom is 0.419 e. The van der Waals surface area contributed by atoms with Crippen molar-refractivity contribution in [2.45, 2.75) is 31.6 Å². The molecule has 1 aromatic carbocycles. The molecule has 112 valence electrons. The van der Waals surface area contributed by atoms with E-state index in [2.05, 4.69) is 15.5 Å². The van der Waals surface area contributed by atoms with Gasteiger partial charge >= 0.3 is 6.18 Å². The first-order valence-electron chi connectivity index (χ1n) is 6.36. The highest BCUT2D eigenvalue weighted by Gasteiger charge is 2.34. The Labute approximate surface area is 117 Å². The maximum atomic E-state index is 13.2. The highest BCUT2D eigenvalue weighted by Crippen LogP contribution is 2.34. The molecule has 1 fully saturated rings. The molecule has 0 atom stereocenters. The van der Waals surface area contributed by atoms with E-state index in [-0.39, 0.29) is 17.3 Å². The smallest absolute Gasteiger partial charge is 0.419 e. The van der Waals surface area contributed by atoms with E-state index in [1.54, 1.807) is 0 Å². The summed E-state index contributed by atoms with van der Waals surface area (Å²) < 4.78 is 56.4. The average Bonchev–Trinajstić information content (AvgIpc) is 3.13. The molecule has 1 saturated carbocycles. The molecular formula is C13H11F4N3O. The number of aromatic nitrogens is 2. The van der Waals surface area contributed by atoms with Gasteiger partial charge in [0.25, 0.3) is 0 Å². The average molecular weight is 301 g/mol. The van der Waals surface area contributed by atoms with Crippen molar-refractivity contribution >= 4 is 0 Å². The van der Waals surface area contributed by atoms with Crippen LogP contribution in [0.5, 0.6) is 0 Å². The molecule has 8 heteroatoms. The molecule has 0 bridgehead atoms. The van der Waals surface area contributed by atoms with Crippen LogP contribution in [0.1, 0.15) is 24.3 Å². The summed E-state index contributed by atoms with van der Waals surface area (Å²) in [6.07, 6.45) is -2.59. The molecule has 0 radical (unpaired) electrons. The second-order valence-corrected chi connectivity index (χ2v) is 4.85. The number of halogens is 4. The van der Waals surface area contributed by atoms with Crippen LogP contribution in [0.25, 0.3) is 11.5 Å². The largest absolute Gasteiger partial charge is 0.419 e. The van der Waals surface area contributed by atoms with E-state index in [0.29, 0.717) is 18.7 Å². The van der Waals surface area contributed by atoms with Crippen molar-refractivity contribution < 1.29 is 22.0 Å². The second kappa shape index (κ2) is 5.10. The zero-order valence-corrected chi connectivity index (χ0v) is 10.7. The zero-order chi connectivity index (χ0) is 15.0. The quantitative estimate of drug-likeness (QED) is 0.881. The molecule has 0 aliphatic heterocycles. The lowest BCUT2D eigenvalue weighted by Gasteiger charge is -2.08. The van der Waals surface area contributed by atoms with Crippen LogP contribution >= 0.6 is 0 Å². The summed E-state index contributed by atoms with van der Waals surface area (Å²) in [7, 11) is 0. The second-order valence-electron chi connectivity index (χ2n) is 4.85. The van der Waals surface area contributed by atoms with Crippen LogP contribution in [0.15, 0.2) is 22.6 Å². The summed E-state index contributed by atoms with van der Waals surface area (Å²) in [5, 5.41) is 10.6. The predicted octanol–water partition coefficient (Wildman–Crippen LogP) is 3.15. The van der Waals surface area contributed by atoms with E-state index in [0.717, 1.165) is 18.9 Å². The Morgan fingerprint density at radius 2 is 2.00 bits per heavy atom. The van der Waals surface area contributed by atoms with Crippen molar-refractivity contribution in [3.05, 3.63) is 35.5 Å². The summed E-state index contributed by atoms with van der Waals surface area (Å²) in [5.74, 6) is -1.11. The lowest BCUT2D eigenvalue weighted by Crippen LogP contribution is -2.15. The van der Waals surface area contributed by atoms with Gasteiger partial charge in [0, 0.05) is 11.6 Å². The molecule has 0 amide bonds. The molecule has 1 N–H and O–H groups in total. The van der Waals surface area contributed by atoms with Crippen LogP contribution < -0.4 is 5.32 Å². The fourth-order valence-electron chi connectivity index (χ4n) is 1.84. The van der Waals surface area contributed by atoms with Crippen LogP contribution in [0, 0.1) is 5.82 Å². The first-order valence-corrected chi connectivity index (χ1v) is 6.36. The Balaban J connectivity index is 1.82. The SMILES string of the molecule is Fc1ccc(-c2nnc(CNC3CC3)o2)cc1C(F)(F)F. The molecule has 1 aliphatic rings. The number of benzene rings is 1. The number of hydrogen-bond acceptors (Lipinski definition) is 4. The minimum absolute atomic E-state index is 0.0360. The van der Waals surface area contributed by atoms with Crippen LogP contribution in [0.2, 0.25) is 0 Å². The van der Waals surface area contributed by atoms with Crippen molar-refractivity contribution in [2.75, 3.05) is 0 Å². The standard InChI is InChI=1S/C13H11F4N3O/c14-10-4-1-7(5-9(10)13(15,16)17)12-20-19-11(21-12)6-18-8-2-3-8/h1,4-5,8,18H,2-3,6H2. The maximum absolute atomic E-state index is 13.2. The number of nitrogens with zero attached hydrogens (tertiary/aromatic N) is 2. The van der Waals surface area contributed by atoms with Crippen molar-refractivity contribution in [1.29, 1.82) is 0 Å². The molecule has 0 saturated heterocycles. The van der Waals surface area contributed by atoms with Crippen LogP contribution in [0.4, 0.5) is 17.6 Å². The molecule has 1 aliphatic carbocycles. The van der Waals surface area contributed by atoms with Crippen LogP contribution in [-0.2, 0) is 12.7 Å². The van der Waals surface area contributed by atoms with Crippen molar-refractivity contribution in [1.82, 2.24) is 15.5 Å². The third-order valence-corrected chi connectivity index (χ3v) is 3.10. The Morgan fingerprint density at radius 1 is 1.24 bits per heavy atom. The highest BCUT2D eigenvalue weighted by atomic mass is 19.4. The minimum atomic E-state index is -4.77. The zero-order valence-electron chi connectivity index (χ0n) is 10.7. The molecule has 1 aromatic heterocycles. The van der Waals surface area contributed by atoms with Crippen LogP contribution in [-0.4, -0.2) is 16.2 Å². The molecule has 0 spiro atoms. The number of hydrogen-bond donors (Lipinski definition) is 1. The molecular weight excluding hydrogens is 290 g/mol. The summed E-state index contributed by atoms with van der Waals surface area (Å²) >= 11 is 0.